The van der Waals surface area contributed by atoms with E-state index in [1.807, 2.05) is 11.8 Å². The lowest BCUT2D eigenvalue weighted by Gasteiger charge is -2.31. The van der Waals surface area contributed by atoms with Gasteiger partial charge in [-0.05, 0) is 45.1 Å². The predicted molar refractivity (Wildman–Crippen MR) is 184 cm³/mol. The molecule has 242 valence electrons. The summed E-state index contributed by atoms with van der Waals surface area (Å²) in [6, 6.07) is 52.2. The molecule has 49 heavy (non-hydrogen) atoms. The van der Waals surface area contributed by atoms with Gasteiger partial charge >= 0.3 is 0 Å². The first-order chi connectivity index (χ1) is 23.8. The van der Waals surface area contributed by atoms with E-state index in [4.69, 9.17) is 23.7 Å². The summed E-state index contributed by atoms with van der Waals surface area (Å²) < 4.78 is 35.9. The molecule has 0 saturated carbocycles. The van der Waals surface area contributed by atoms with Crippen molar-refractivity contribution >= 4 is 28.1 Å². The Morgan fingerprint density at radius 3 is 1.67 bits per heavy atom. The zero-order valence-electron chi connectivity index (χ0n) is 26.3. The average Bonchev–Trinajstić information content (AvgIpc) is 3.74. The fourth-order valence-electron chi connectivity index (χ4n) is 6.66. The van der Waals surface area contributed by atoms with E-state index in [2.05, 4.69) is 175 Å². The summed E-state index contributed by atoms with van der Waals surface area (Å²) in [6.07, 6.45) is 9.90. The maximum absolute atomic E-state index is 8.49. The van der Waals surface area contributed by atoms with Crippen LogP contribution in [0.15, 0.2) is 181 Å². The Labute approximate surface area is 291 Å². The van der Waals surface area contributed by atoms with Crippen LogP contribution in [0.5, 0.6) is 0 Å². The van der Waals surface area contributed by atoms with Crippen molar-refractivity contribution in [3.05, 3.63) is 209 Å². The summed E-state index contributed by atoms with van der Waals surface area (Å²) in [6.45, 7) is 0. The van der Waals surface area contributed by atoms with Gasteiger partial charge in [0, 0.05) is 28.2 Å². The minimum atomic E-state index is -4.94. The topological polar surface area (TPSA) is 108 Å². The SMILES string of the molecule is C1=CC(=[N+]2N=C(c3ccccc3)CC2c2ccccc2)C=CC1=C1SC(c2ccccc2)(c2ccccc2)c2ccccc21.[O-][Cl+3]([O-])([O-])[O-]. The number of halogens is 1. The third-order valence-corrected chi connectivity index (χ3v) is 10.4. The molecule has 8 rings (SSSR count). The number of rotatable bonds is 4. The van der Waals surface area contributed by atoms with Crippen molar-refractivity contribution in [2.45, 2.75) is 17.2 Å². The first-order valence-corrected chi connectivity index (χ1v) is 17.8. The largest absolute Gasteiger partial charge is 0.232 e. The Morgan fingerprint density at radius 2 is 1.10 bits per heavy atom. The highest BCUT2D eigenvalue weighted by Crippen LogP contribution is 2.61. The monoisotopic (exact) mass is 682 g/mol. The smallest absolute Gasteiger partial charge is 0.222 e. The molecule has 8 heteroatoms. The van der Waals surface area contributed by atoms with Gasteiger partial charge in [-0.25, -0.2) is 18.6 Å². The van der Waals surface area contributed by atoms with Crippen LogP contribution in [-0.4, -0.2) is 16.1 Å². The average molecular weight is 683 g/mol. The van der Waals surface area contributed by atoms with Crippen LogP contribution in [0.2, 0.25) is 0 Å². The van der Waals surface area contributed by atoms with E-state index in [-0.39, 0.29) is 10.8 Å². The Bertz CT molecular complexity index is 2040. The predicted octanol–water partition coefficient (Wildman–Crippen LogP) is 4.81. The summed E-state index contributed by atoms with van der Waals surface area (Å²) in [5.41, 5.74) is 11.1. The van der Waals surface area contributed by atoms with Crippen LogP contribution in [0, 0.1) is 10.2 Å². The zero-order chi connectivity index (χ0) is 33.8. The summed E-state index contributed by atoms with van der Waals surface area (Å²) >= 11 is 1.95. The van der Waals surface area contributed by atoms with Gasteiger partial charge < -0.3 is 0 Å². The van der Waals surface area contributed by atoms with Crippen molar-refractivity contribution < 1.29 is 33.6 Å². The molecule has 1 unspecified atom stereocenters. The van der Waals surface area contributed by atoms with Gasteiger partial charge in [-0.3, -0.25) is 0 Å². The molecule has 2 heterocycles. The lowest BCUT2D eigenvalue weighted by Crippen LogP contribution is -2.68. The second kappa shape index (κ2) is 13.9. The molecule has 0 bridgehead atoms. The number of hydrogen-bond donors (Lipinski definition) is 0. The Balaban J connectivity index is 0.000000707. The Hall–Kier alpha value is -4.86. The number of hydrogen-bond acceptors (Lipinski definition) is 6. The minimum Gasteiger partial charge on any atom is -0.222 e. The van der Waals surface area contributed by atoms with Crippen LogP contribution in [0.25, 0.3) is 4.91 Å². The molecular weight excluding hydrogens is 652 g/mol. The third kappa shape index (κ3) is 6.86. The lowest BCUT2D eigenvalue weighted by atomic mass is 9.82. The number of fused-ring (bicyclic) bond motifs is 1. The molecule has 5 aromatic carbocycles. The van der Waals surface area contributed by atoms with Crippen LogP contribution in [0.4, 0.5) is 0 Å². The van der Waals surface area contributed by atoms with E-state index < -0.39 is 10.2 Å². The van der Waals surface area contributed by atoms with Gasteiger partial charge in [-0.1, -0.05) is 150 Å². The first-order valence-electron chi connectivity index (χ1n) is 15.8. The molecule has 0 N–H and O–H groups in total. The number of allylic oxidation sites excluding steroid dienone is 5. The van der Waals surface area contributed by atoms with E-state index in [0.717, 1.165) is 17.8 Å². The summed E-state index contributed by atoms with van der Waals surface area (Å²) in [5.74, 6) is 0. The molecule has 1 aliphatic carbocycles. The van der Waals surface area contributed by atoms with Gasteiger partial charge in [0.25, 0.3) is 0 Å². The fourth-order valence-corrected chi connectivity index (χ4v) is 8.30. The molecule has 0 radical (unpaired) electrons. The van der Waals surface area contributed by atoms with Gasteiger partial charge in [-0.15, -0.1) is 22.0 Å². The van der Waals surface area contributed by atoms with Gasteiger partial charge in [0.05, 0.1) is 11.2 Å². The van der Waals surface area contributed by atoms with E-state index in [9.17, 15) is 0 Å². The molecule has 0 amide bonds. The van der Waals surface area contributed by atoms with E-state index in [0.29, 0.717) is 0 Å². The fraction of sp³-hybridized carbons (Fsp3) is 0.0732. The maximum atomic E-state index is 8.49. The molecule has 5 aromatic rings. The van der Waals surface area contributed by atoms with Crippen LogP contribution < -0.4 is 18.6 Å². The molecule has 0 fully saturated rings. The summed E-state index contributed by atoms with van der Waals surface area (Å²) in [7, 11) is -4.94. The second-order valence-electron chi connectivity index (χ2n) is 11.7. The molecule has 0 saturated heterocycles. The second-order valence-corrected chi connectivity index (χ2v) is 13.7. The minimum absolute atomic E-state index is 0.148. The Morgan fingerprint density at radius 1 is 0.612 bits per heavy atom. The number of hydrazone groups is 1. The van der Waals surface area contributed by atoms with Crippen molar-refractivity contribution in [2.75, 3.05) is 0 Å². The van der Waals surface area contributed by atoms with Crippen molar-refractivity contribution in [1.82, 2.24) is 0 Å². The van der Waals surface area contributed by atoms with Crippen molar-refractivity contribution in [3.63, 3.8) is 0 Å². The standard InChI is InChI=1S/C41H31N2S.ClHO4/c1-5-15-30(16-6-1)38-29-39(31-17-7-2-8-18-31)43(42-38)35-27-25-32(26-28-35)40-36-23-13-14-24-37(36)41(44-40,33-19-9-3-10-20-33)34-21-11-4-12-22-34;2-1(3,4)5/h1-28,39H,29H2;(H,2,3,4,5)/q+1;/p-1. The number of thioether (sulfide) groups is 1. The highest BCUT2D eigenvalue weighted by molar-refractivity contribution is 8.10. The van der Waals surface area contributed by atoms with Gasteiger partial charge in [0.1, 0.15) is 5.71 Å². The Kier molecular flexibility index (Phi) is 9.29. The summed E-state index contributed by atoms with van der Waals surface area (Å²) in [5, 5.41) is 5.19. The molecule has 0 spiro atoms. The number of benzene rings is 5. The van der Waals surface area contributed by atoms with Crippen molar-refractivity contribution in [1.29, 1.82) is 0 Å². The lowest BCUT2D eigenvalue weighted by molar-refractivity contribution is -2.00. The molecule has 6 nitrogen and oxygen atoms in total. The highest BCUT2D eigenvalue weighted by atomic mass is 35.7. The van der Waals surface area contributed by atoms with E-state index in [1.54, 1.807) is 0 Å². The normalized spacial score (nSPS) is 17.8. The van der Waals surface area contributed by atoms with Gasteiger partial charge in [-0.2, -0.15) is 0 Å². The van der Waals surface area contributed by atoms with Crippen molar-refractivity contribution in [3.8, 4) is 0 Å². The first kappa shape index (κ1) is 32.7. The van der Waals surface area contributed by atoms with Crippen LogP contribution in [0.3, 0.4) is 0 Å². The highest BCUT2D eigenvalue weighted by Gasteiger charge is 2.46. The van der Waals surface area contributed by atoms with Gasteiger partial charge in [0.15, 0.2) is 0 Å². The quantitative estimate of drug-likeness (QED) is 0.253. The zero-order valence-corrected chi connectivity index (χ0v) is 27.8. The molecule has 0 aromatic heterocycles. The third-order valence-electron chi connectivity index (χ3n) is 8.76. The van der Waals surface area contributed by atoms with Crippen LogP contribution in [-0.2, 0) is 4.75 Å². The van der Waals surface area contributed by atoms with Crippen LogP contribution >= 0.6 is 11.8 Å². The number of nitrogens with zero attached hydrogens (tertiary/aromatic N) is 2. The molecule has 1 atom stereocenters. The van der Waals surface area contributed by atoms with E-state index in [1.165, 1.54) is 43.9 Å². The van der Waals surface area contributed by atoms with Crippen molar-refractivity contribution in [2.24, 2.45) is 5.10 Å². The molecule has 3 aliphatic rings. The van der Waals surface area contributed by atoms with E-state index >= 15 is 0 Å². The summed E-state index contributed by atoms with van der Waals surface area (Å²) in [4.78, 5) is 1.30. The molecule has 2 aliphatic heterocycles. The molecular formula is C41H31ClN2O4S. The maximum Gasteiger partial charge on any atom is 0.232 e. The van der Waals surface area contributed by atoms with Crippen LogP contribution in [0.1, 0.15) is 45.8 Å². The van der Waals surface area contributed by atoms with Gasteiger partial charge in [0.2, 0.25) is 11.8 Å².